The number of amides is 1. The molecule has 0 spiro atoms. The summed E-state index contributed by atoms with van der Waals surface area (Å²) >= 11 is 0. The predicted octanol–water partition coefficient (Wildman–Crippen LogP) is 4.04. The van der Waals surface area contributed by atoms with Crippen molar-refractivity contribution in [2.75, 3.05) is 12.4 Å². The zero-order chi connectivity index (χ0) is 20.2. The Kier molecular flexibility index (Phi) is 4.90. The van der Waals surface area contributed by atoms with Crippen LogP contribution in [-0.2, 0) is 4.74 Å². The molecule has 8 nitrogen and oxygen atoms in total. The van der Waals surface area contributed by atoms with Crippen LogP contribution in [-0.4, -0.2) is 29.2 Å². The summed E-state index contributed by atoms with van der Waals surface area (Å²) in [6.07, 6.45) is 1.52. The molecule has 2 aromatic heterocycles. The monoisotopic (exact) mass is 389 g/mol. The number of carbonyl (C=O) groups is 2. The van der Waals surface area contributed by atoms with Crippen LogP contribution in [0.5, 0.6) is 0 Å². The largest absolute Gasteiger partial charge is 0.465 e. The van der Waals surface area contributed by atoms with E-state index in [0.717, 1.165) is 0 Å². The minimum atomic E-state index is -0.460. The number of methoxy groups -OCH3 is 1. The van der Waals surface area contributed by atoms with Gasteiger partial charge < -0.3 is 18.9 Å². The Balaban J connectivity index is 1.50. The smallest absolute Gasteiger partial charge is 0.337 e. The Labute approximate surface area is 165 Å². The third kappa shape index (κ3) is 3.91. The van der Waals surface area contributed by atoms with Crippen molar-refractivity contribution in [3.63, 3.8) is 0 Å². The van der Waals surface area contributed by atoms with Crippen molar-refractivity contribution in [2.24, 2.45) is 0 Å². The highest BCUT2D eigenvalue weighted by molar-refractivity contribution is 6.05. The van der Waals surface area contributed by atoms with Crippen molar-refractivity contribution in [2.45, 2.75) is 0 Å². The zero-order valence-electron chi connectivity index (χ0n) is 15.3. The minimum absolute atomic E-state index is 0.269. The maximum absolute atomic E-state index is 12.5. The first-order chi connectivity index (χ1) is 14.1. The molecule has 1 amide bonds. The number of anilines is 1. The van der Waals surface area contributed by atoms with Crippen LogP contribution < -0.4 is 5.32 Å². The first kappa shape index (κ1) is 18.2. The van der Waals surface area contributed by atoms with Gasteiger partial charge in [-0.3, -0.25) is 4.79 Å². The van der Waals surface area contributed by atoms with Crippen LogP contribution in [0.2, 0.25) is 0 Å². The molecular formula is C21H15N3O5. The van der Waals surface area contributed by atoms with Gasteiger partial charge >= 0.3 is 5.97 Å². The predicted molar refractivity (Wildman–Crippen MR) is 103 cm³/mol. The molecule has 0 radical (unpaired) electrons. The lowest BCUT2D eigenvalue weighted by Crippen LogP contribution is -2.12. The topological polar surface area (TPSA) is 107 Å². The van der Waals surface area contributed by atoms with E-state index in [4.69, 9.17) is 8.83 Å². The van der Waals surface area contributed by atoms with Crippen molar-refractivity contribution in [3.05, 3.63) is 78.1 Å². The van der Waals surface area contributed by atoms with Crippen molar-refractivity contribution in [1.82, 2.24) is 10.2 Å². The molecule has 2 aromatic carbocycles. The number of aromatic nitrogens is 2. The minimum Gasteiger partial charge on any atom is -0.465 e. The first-order valence-corrected chi connectivity index (χ1v) is 8.61. The lowest BCUT2D eigenvalue weighted by molar-refractivity contribution is 0.0600. The summed E-state index contributed by atoms with van der Waals surface area (Å²) in [5.74, 6) is 0.266. The molecule has 0 fully saturated rings. The maximum Gasteiger partial charge on any atom is 0.337 e. The van der Waals surface area contributed by atoms with E-state index in [0.29, 0.717) is 34.0 Å². The van der Waals surface area contributed by atoms with Gasteiger partial charge in [0.05, 0.1) is 18.9 Å². The van der Waals surface area contributed by atoms with Gasteiger partial charge in [-0.25, -0.2) is 4.79 Å². The van der Waals surface area contributed by atoms with Gasteiger partial charge in [0.15, 0.2) is 5.76 Å². The fourth-order valence-corrected chi connectivity index (χ4v) is 2.65. The van der Waals surface area contributed by atoms with Crippen molar-refractivity contribution in [3.8, 4) is 23.1 Å². The Morgan fingerprint density at radius 2 is 1.69 bits per heavy atom. The van der Waals surface area contributed by atoms with E-state index >= 15 is 0 Å². The SMILES string of the molecule is COC(=O)c1ccc(C(=O)Nc2cccc(-c3nnc(-c4ccco4)o3)c2)cc1. The summed E-state index contributed by atoms with van der Waals surface area (Å²) < 4.78 is 15.5. The molecule has 8 heteroatoms. The third-order valence-electron chi connectivity index (χ3n) is 4.09. The van der Waals surface area contributed by atoms with Gasteiger partial charge in [0.2, 0.25) is 5.89 Å². The van der Waals surface area contributed by atoms with Gasteiger partial charge in [0, 0.05) is 16.8 Å². The standard InChI is InChI=1S/C21H15N3O5/c1-27-21(26)14-9-7-13(8-10-14)18(25)22-16-5-2-4-15(12-16)19-23-24-20(29-19)17-6-3-11-28-17/h2-12H,1H3,(H,22,25). The average molecular weight is 389 g/mol. The summed E-state index contributed by atoms with van der Waals surface area (Å²) in [5, 5.41) is 10.8. The van der Waals surface area contributed by atoms with Crippen LogP contribution in [0.25, 0.3) is 23.1 Å². The number of furan rings is 1. The molecule has 0 saturated heterocycles. The summed E-state index contributed by atoms with van der Waals surface area (Å²) in [4.78, 5) is 24.0. The average Bonchev–Trinajstić information content (AvgIpc) is 3.45. The molecular weight excluding hydrogens is 374 g/mol. The molecule has 0 aliphatic rings. The van der Waals surface area contributed by atoms with Crippen LogP contribution >= 0.6 is 0 Å². The number of hydrogen-bond donors (Lipinski definition) is 1. The summed E-state index contributed by atoms with van der Waals surface area (Å²) in [7, 11) is 1.30. The van der Waals surface area contributed by atoms with Crippen LogP contribution in [0.1, 0.15) is 20.7 Å². The van der Waals surface area contributed by atoms with Gasteiger partial charge in [0.1, 0.15) is 0 Å². The van der Waals surface area contributed by atoms with E-state index in [9.17, 15) is 9.59 Å². The normalized spacial score (nSPS) is 10.5. The third-order valence-corrected chi connectivity index (χ3v) is 4.09. The molecule has 0 atom stereocenters. The zero-order valence-corrected chi connectivity index (χ0v) is 15.3. The van der Waals surface area contributed by atoms with E-state index in [1.54, 1.807) is 48.5 Å². The molecule has 0 unspecified atom stereocenters. The van der Waals surface area contributed by atoms with Crippen LogP contribution in [0, 0.1) is 0 Å². The fourth-order valence-electron chi connectivity index (χ4n) is 2.65. The second-order valence-corrected chi connectivity index (χ2v) is 5.99. The highest BCUT2D eigenvalue weighted by Crippen LogP contribution is 2.26. The van der Waals surface area contributed by atoms with Gasteiger partial charge in [-0.05, 0) is 54.6 Å². The number of hydrogen-bond acceptors (Lipinski definition) is 7. The Hall–Kier alpha value is -4.20. The van der Waals surface area contributed by atoms with Crippen molar-refractivity contribution >= 4 is 17.6 Å². The lowest BCUT2D eigenvalue weighted by atomic mass is 10.1. The van der Waals surface area contributed by atoms with Crippen LogP contribution in [0.3, 0.4) is 0 Å². The fraction of sp³-hybridized carbons (Fsp3) is 0.0476. The molecule has 144 valence electrons. The van der Waals surface area contributed by atoms with Gasteiger partial charge in [-0.2, -0.15) is 0 Å². The number of benzene rings is 2. The quantitative estimate of drug-likeness (QED) is 0.513. The van der Waals surface area contributed by atoms with E-state index < -0.39 is 5.97 Å². The van der Waals surface area contributed by atoms with Crippen molar-refractivity contribution < 1.29 is 23.2 Å². The second kappa shape index (κ2) is 7.81. The van der Waals surface area contributed by atoms with E-state index in [2.05, 4.69) is 20.3 Å². The number of rotatable bonds is 5. The van der Waals surface area contributed by atoms with Crippen LogP contribution in [0.15, 0.2) is 75.8 Å². The number of nitrogens with zero attached hydrogens (tertiary/aromatic N) is 2. The summed E-state index contributed by atoms with van der Waals surface area (Å²) in [5.41, 5.74) is 1.98. The Morgan fingerprint density at radius 1 is 0.931 bits per heavy atom. The molecule has 2 heterocycles. The lowest BCUT2D eigenvalue weighted by Gasteiger charge is -2.07. The molecule has 29 heavy (non-hydrogen) atoms. The summed E-state index contributed by atoms with van der Waals surface area (Å²) in [6, 6.07) is 16.7. The van der Waals surface area contributed by atoms with Gasteiger partial charge in [-0.1, -0.05) is 6.07 Å². The number of nitrogens with one attached hydrogen (secondary N) is 1. The Morgan fingerprint density at radius 3 is 2.41 bits per heavy atom. The summed E-state index contributed by atoms with van der Waals surface area (Å²) in [6.45, 7) is 0. The van der Waals surface area contributed by atoms with Crippen LogP contribution in [0.4, 0.5) is 5.69 Å². The molecule has 0 saturated carbocycles. The van der Waals surface area contributed by atoms with E-state index in [1.807, 2.05) is 0 Å². The molecule has 0 aliphatic carbocycles. The van der Waals surface area contributed by atoms with E-state index in [-0.39, 0.29) is 11.8 Å². The highest BCUT2D eigenvalue weighted by Gasteiger charge is 2.14. The highest BCUT2D eigenvalue weighted by atomic mass is 16.5. The van der Waals surface area contributed by atoms with Gasteiger partial charge in [0.25, 0.3) is 11.8 Å². The van der Waals surface area contributed by atoms with Gasteiger partial charge in [-0.15, -0.1) is 10.2 Å². The molecule has 4 rings (SSSR count). The number of ether oxygens (including phenoxy) is 1. The Bertz CT molecular complexity index is 1150. The molecule has 4 aromatic rings. The maximum atomic E-state index is 12.5. The first-order valence-electron chi connectivity index (χ1n) is 8.61. The molecule has 1 N–H and O–H groups in total. The molecule has 0 bridgehead atoms. The van der Waals surface area contributed by atoms with Crippen molar-refractivity contribution in [1.29, 1.82) is 0 Å². The second-order valence-electron chi connectivity index (χ2n) is 5.99. The molecule has 0 aliphatic heterocycles. The van der Waals surface area contributed by atoms with E-state index in [1.165, 1.54) is 25.5 Å². The number of carbonyl (C=O) groups excluding carboxylic acids is 2. The number of esters is 1.